The third kappa shape index (κ3) is 7.23. The molecule has 2 aliphatic rings. The Kier molecular flexibility index (Phi) is 9.41. The zero-order valence-electron chi connectivity index (χ0n) is 21.2. The molecule has 0 radical (unpaired) electrons. The van der Waals surface area contributed by atoms with Gasteiger partial charge in [-0.2, -0.15) is 0 Å². The van der Waals surface area contributed by atoms with Crippen LogP contribution in [0.15, 0.2) is 48.5 Å². The number of fused-ring (bicyclic) bond motifs is 4. The first kappa shape index (κ1) is 26.9. The second kappa shape index (κ2) is 12.9. The molecule has 4 rings (SSSR count). The van der Waals surface area contributed by atoms with Crippen LogP contribution in [0.1, 0.15) is 29.9 Å². The van der Waals surface area contributed by atoms with Gasteiger partial charge in [-0.3, -0.25) is 14.4 Å². The van der Waals surface area contributed by atoms with Crippen molar-refractivity contribution in [1.29, 1.82) is 0 Å². The van der Waals surface area contributed by atoms with Gasteiger partial charge in [0.05, 0.1) is 32.0 Å². The van der Waals surface area contributed by atoms with Gasteiger partial charge in [-0.05, 0) is 41.8 Å². The number of nitrogens with zero attached hydrogens (tertiary/aromatic N) is 2. The molecule has 3 amide bonds. The highest BCUT2D eigenvalue weighted by molar-refractivity contribution is 6.30. The van der Waals surface area contributed by atoms with Crippen LogP contribution in [0.3, 0.4) is 0 Å². The van der Waals surface area contributed by atoms with E-state index in [0.29, 0.717) is 57.4 Å². The standard InChI is InChI=1S/C28H34ClN3O5/c1-36-14-9-26(33)32-18-24-21-6-3-8-23(17-21)37-13-4-11-31(12-10-30-28(35)25(24)19-32)27(34)16-20-5-2-7-22(29)15-20/h2-3,5-8,15,17,24-25H,4,9-14,16,18-19H2,1H3,(H,30,35)/t24-,25+/m1/s1. The lowest BCUT2D eigenvalue weighted by Gasteiger charge is -2.25. The largest absolute Gasteiger partial charge is 0.494 e. The minimum absolute atomic E-state index is 0.0229. The number of rotatable bonds is 5. The predicted octanol–water partition coefficient (Wildman–Crippen LogP) is 2.89. The van der Waals surface area contributed by atoms with E-state index >= 15 is 0 Å². The van der Waals surface area contributed by atoms with E-state index in [1.54, 1.807) is 29.0 Å². The van der Waals surface area contributed by atoms with Crippen molar-refractivity contribution in [3.05, 3.63) is 64.7 Å². The molecule has 37 heavy (non-hydrogen) atoms. The van der Waals surface area contributed by atoms with Crippen molar-refractivity contribution in [2.75, 3.05) is 53.0 Å². The van der Waals surface area contributed by atoms with Crippen molar-refractivity contribution in [2.45, 2.75) is 25.2 Å². The molecule has 9 heteroatoms. The molecule has 2 aromatic carbocycles. The molecule has 1 saturated heterocycles. The van der Waals surface area contributed by atoms with Gasteiger partial charge < -0.3 is 24.6 Å². The number of hydrogen-bond donors (Lipinski definition) is 1. The van der Waals surface area contributed by atoms with Gasteiger partial charge in [0, 0.05) is 50.8 Å². The lowest BCUT2D eigenvalue weighted by molar-refractivity contribution is -0.133. The highest BCUT2D eigenvalue weighted by Gasteiger charge is 2.40. The van der Waals surface area contributed by atoms with E-state index in [1.807, 2.05) is 36.4 Å². The Bertz CT molecular complexity index is 1110. The fourth-order valence-electron chi connectivity index (χ4n) is 4.98. The minimum Gasteiger partial charge on any atom is -0.494 e. The molecule has 2 aromatic rings. The predicted molar refractivity (Wildman–Crippen MR) is 141 cm³/mol. The number of amides is 3. The Labute approximate surface area is 222 Å². The van der Waals surface area contributed by atoms with Crippen LogP contribution in [0, 0.1) is 5.92 Å². The Hall–Kier alpha value is -3.10. The summed E-state index contributed by atoms with van der Waals surface area (Å²) >= 11 is 6.09. The van der Waals surface area contributed by atoms with E-state index in [4.69, 9.17) is 21.1 Å². The Balaban J connectivity index is 1.49. The summed E-state index contributed by atoms with van der Waals surface area (Å²) in [7, 11) is 1.57. The van der Waals surface area contributed by atoms with Crippen LogP contribution in [-0.4, -0.2) is 80.6 Å². The molecule has 198 valence electrons. The summed E-state index contributed by atoms with van der Waals surface area (Å²) in [5.41, 5.74) is 1.83. The fourth-order valence-corrected chi connectivity index (χ4v) is 5.19. The molecular weight excluding hydrogens is 494 g/mol. The first-order valence-electron chi connectivity index (χ1n) is 12.7. The smallest absolute Gasteiger partial charge is 0.227 e. The van der Waals surface area contributed by atoms with Crippen LogP contribution in [-0.2, 0) is 25.5 Å². The van der Waals surface area contributed by atoms with Crippen molar-refractivity contribution >= 4 is 29.3 Å². The summed E-state index contributed by atoms with van der Waals surface area (Å²) < 4.78 is 11.1. The van der Waals surface area contributed by atoms with Crippen LogP contribution < -0.4 is 10.1 Å². The molecular formula is C28H34ClN3O5. The van der Waals surface area contributed by atoms with Crippen LogP contribution >= 0.6 is 11.6 Å². The molecule has 8 nitrogen and oxygen atoms in total. The number of nitrogens with one attached hydrogen (secondary N) is 1. The third-order valence-electron chi connectivity index (χ3n) is 6.93. The highest BCUT2D eigenvalue weighted by Crippen LogP contribution is 2.35. The first-order valence-corrected chi connectivity index (χ1v) is 13.1. The van der Waals surface area contributed by atoms with Crippen molar-refractivity contribution in [3.8, 4) is 5.75 Å². The van der Waals surface area contributed by atoms with Crippen LogP contribution in [0.4, 0.5) is 0 Å². The lowest BCUT2D eigenvalue weighted by Crippen LogP contribution is -2.42. The molecule has 2 atom stereocenters. The second-order valence-electron chi connectivity index (χ2n) is 9.51. The number of halogens is 1. The summed E-state index contributed by atoms with van der Waals surface area (Å²) in [4.78, 5) is 42.7. The molecule has 0 unspecified atom stereocenters. The number of carbonyl (C=O) groups excluding carboxylic acids is 3. The average molecular weight is 528 g/mol. The summed E-state index contributed by atoms with van der Waals surface area (Å²) in [5.74, 6) is 0.0238. The summed E-state index contributed by atoms with van der Waals surface area (Å²) in [5, 5.41) is 3.62. The Morgan fingerprint density at radius 2 is 1.86 bits per heavy atom. The molecule has 2 bridgehead atoms. The quantitative estimate of drug-likeness (QED) is 0.646. The Morgan fingerprint density at radius 3 is 2.68 bits per heavy atom. The maximum atomic E-state index is 13.3. The molecule has 2 heterocycles. The van der Waals surface area contributed by atoms with Crippen LogP contribution in [0.25, 0.3) is 0 Å². The summed E-state index contributed by atoms with van der Waals surface area (Å²) in [6.07, 6.45) is 1.18. The van der Waals surface area contributed by atoms with Crippen LogP contribution in [0.5, 0.6) is 5.75 Å². The van der Waals surface area contributed by atoms with Crippen LogP contribution in [0.2, 0.25) is 5.02 Å². The molecule has 0 aromatic heterocycles. The maximum absolute atomic E-state index is 13.3. The van der Waals surface area contributed by atoms with Gasteiger partial charge >= 0.3 is 0 Å². The topological polar surface area (TPSA) is 88.2 Å². The van der Waals surface area contributed by atoms with Gasteiger partial charge in [0.25, 0.3) is 0 Å². The zero-order valence-corrected chi connectivity index (χ0v) is 21.9. The second-order valence-corrected chi connectivity index (χ2v) is 9.94. The van der Waals surface area contributed by atoms with Gasteiger partial charge in [-0.1, -0.05) is 35.9 Å². The van der Waals surface area contributed by atoms with E-state index < -0.39 is 0 Å². The van der Waals surface area contributed by atoms with Gasteiger partial charge in [0.15, 0.2) is 0 Å². The molecule has 0 aliphatic carbocycles. The van der Waals surface area contributed by atoms with Crippen molar-refractivity contribution in [2.24, 2.45) is 5.92 Å². The molecule has 1 fully saturated rings. The van der Waals surface area contributed by atoms with E-state index in [9.17, 15) is 14.4 Å². The fraction of sp³-hybridized carbons (Fsp3) is 0.464. The monoisotopic (exact) mass is 527 g/mol. The van der Waals surface area contributed by atoms with Crippen molar-refractivity contribution in [3.63, 3.8) is 0 Å². The Morgan fingerprint density at radius 1 is 1.05 bits per heavy atom. The molecule has 0 saturated carbocycles. The van der Waals surface area contributed by atoms with E-state index in [0.717, 1.165) is 16.9 Å². The molecule has 0 spiro atoms. The molecule has 1 N–H and O–H groups in total. The zero-order chi connectivity index (χ0) is 26.2. The summed E-state index contributed by atoms with van der Waals surface area (Å²) in [6, 6.07) is 15.0. The minimum atomic E-state index is -0.389. The van der Waals surface area contributed by atoms with E-state index in [1.165, 1.54) is 0 Å². The average Bonchev–Trinajstić information content (AvgIpc) is 3.34. The number of methoxy groups -OCH3 is 1. The highest BCUT2D eigenvalue weighted by atomic mass is 35.5. The van der Waals surface area contributed by atoms with Gasteiger partial charge in [0.1, 0.15) is 5.75 Å². The van der Waals surface area contributed by atoms with E-state index in [-0.39, 0.29) is 42.4 Å². The lowest BCUT2D eigenvalue weighted by atomic mass is 9.88. The maximum Gasteiger partial charge on any atom is 0.227 e. The number of likely N-dealkylation sites (tertiary alicyclic amines) is 1. The SMILES string of the molecule is COCCC(=O)N1C[C@@H]2C(=O)NCCN(C(=O)Cc3cccc(Cl)c3)CCCOc3cccc(c3)[C@H]2C1. The first-order chi connectivity index (χ1) is 17.9. The number of ether oxygens (including phenoxy) is 2. The molecule has 2 aliphatic heterocycles. The van der Waals surface area contributed by atoms with Crippen molar-refractivity contribution in [1.82, 2.24) is 15.1 Å². The number of benzene rings is 2. The van der Waals surface area contributed by atoms with Gasteiger partial charge in [-0.25, -0.2) is 0 Å². The normalized spacial score (nSPS) is 20.4. The number of hydrogen-bond acceptors (Lipinski definition) is 5. The van der Waals surface area contributed by atoms with Crippen molar-refractivity contribution < 1.29 is 23.9 Å². The number of carbonyl (C=O) groups is 3. The van der Waals surface area contributed by atoms with Gasteiger partial charge in [0.2, 0.25) is 17.7 Å². The summed E-state index contributed by atoms with van der Waals surface area (Å²) in [6.45, 7) is 2.87. The van der Waals surface area contributed by atoms with Gasteiger partial charge in [-0.15, -0.1) is 0 Å². The third-order valence-corrected chi connectivity index (χ3v) is 7.17. The van der Waals surface area contributed by atoms with E-state index in [2.05, 4.69) is 5.32 Å².